The Morgan fingerprint density at radius 3 is 2.53 bits per heavy atom. The summed E-state index contributed by atoms with van der Waals surface area (Å²) >= 11 is 0. The third kappa shape index (κ3) is 1.87. The first-order chi connectivity index (χ1) is 8.12. The lowest BCUT2D eigenvalue weighted by molar-refractivity contribution is -0.138. The van der Waals surface area contributed by atoms with Gasteiger partial charge in [-0.05, 0) is 32.6 Å². The minimum absolute atomic E-state index is 0.0651. The van der Waals surface area contributed by atoms with Crippen LogP contribution in [0.3, 0.4) is 0 Å². The van der Waals surface area contributed by atoms with E-state index in [2.05, 4.69) is 12.1 Å². The molecule has 0 aromatic carbocycles. The van der Waals surface area contributed by atoms with E-state index in [-0.39, 0.29) is 17.8 Å². The van der Waals surface area contributed by atoms with Crippen molar-refractivity contribution in [3.8, 4) is 0 Å². The normalized spacial score (nSPS) is 28.6. The Bertz CT molecular complexity index is 335. The molecule has 0 aromatic rings. The van der Waals surface area contributed by atoms with Gasteiger partial charge in [-0.1, -0.05) is 18.0 Å². The van der Waals surface area contributed by atoms with Crippen molar-refractivity contribution in [3.63, 3.8) is 0 Å². The van der Waals surface area contributed by atoms with Gasteiger partial charge in [-0.25, -0.2) is 0 Å². The fourth-order valence-corrected chi connectivity index (χ4v) is 3.16. The van der Waals surface area contributed by atoms with Gasteiger partial charge in [0.25, 0.3) is 0 Å². The maximum absolute atomic E-state index is 12.6. The largest absolute Gasteiger partial charge is 0.409 e. The third-order valence-corrected chi connectivity index (χ3v) is 4.28. The number of oxime groups is 1. The predicted molar refractivity (Wildman–Crippen MR) is 64.7 cm³/mol. The second kappa shape index (κ2) is 4.55. The van der Waals surface area contributed by atoms with Gasteiger partial charge in [-0.2, -0.15) is 0 Å². The number of hydrogen-bond acceptors (Lipinski definition) is 3. The van der Waals surface area contributed by atoms with E-state index < -0.39 is 5.41 Å². The molecule has 2 aliphatic rings. The minimum Gasteiger partial charge on any atom is -0.409 e. The number of likely N-dealkylation sites (tertiary alicyclic amines) is 1. The molecule has 1 aliphatic heterocycles. The molecule has 0 radical (unpaired) electrons. The van der Waals surface area contributed by atoms with Gasteiger partial charge < -0.3 is 15.8 Å². The Hall–Kier alpha value is -1.26. The van der Waals surface area contributed by atoms with E-state index in [1.807, 2.05) is 4.90 Å². The van der Waals surface area contributed by atoms with Crippen LogP contribution in [-0.4, -0.2) is 34.4 Å². The van der Waals surface area contributed by atoms with E-state index in [9.17, 15) is 4.79 Å². The summed E-state index contributed by atoms with van der Waals surface area (Å²) in [6.07, 6.45) is 5.49. The Morgan fingerprint density at radius 2 is 2.06 bits per heavy atom. The van der Waals surface area contributed by atoms with E-state index in [1.165, 1.54) is 0 Å². The quantitative estimate of drug-likeness (QED) is 0.330. The van der Waals surface area contributed by atoms with Gasteiger partial charge in [0.1, 0.15) is 5.41 Å². The maximum atomic E-state index is 12.6. The molecule has 2 rings (SSSR count). The van der Waals surface area contributed by atoms with Crippen molar-refractivity contribution >= 4 is 11.7 Å². The van der Waals surface area contributed by atoms with Crippen LogP contribution >= 0.6 is 0 Å². The van der Waals surface area contributed by atoms with Gasteiger partial charge in [-0.15, -0.1) is 0 Å². The van der Waals surface area contributed by atoms with Gasteiger partial charge in [0.2, 0.25) is 5.91 Å². The number of nitrogens with two attached hydrogens (primary N) is 1. The SMILES string of the molecule is CC1CCCN1C(=O)C1(C(N)=NO)CCCC1. The van der Waals surface area contributed by atoms with E-state index in [0.717, 1.165) is 32.2 Å². The van der Waals surface area contributed by atoms with Crippen LogP contribution in [0, 0.1) is 5.41 Å². The zero-order valence-corrected chi connectivity index (χ0v) is 10.4. The summed E-state index contributed by atoms with van der Waals surface area (Å²) in [4.78, 5) is 14.5. The molecule has 1 saturated heterocycles. The van der Waals surface area contributed by atoms with Crippen molar-refractivity contribution in [2.45, 2.75) is 51.5 Å². The lowest BCUT2D eigenvalue weighted by atomic mass is 9.83. The standard InChI is InChI=1S/C12H21N3O2/c1-9-5-4-8-15(9)11(16)12(10(13)14-17)6-2-3-7-12/h9,17H,2-8H2,1H3,(H2,13,14). The molecule has 1 amide bonds. The van der Waals surface area contributed by atoms with Crippen molar-refractivity contribution in [3.05, 3.63) is 0 Å². The molecule has 1 saturated carbocycles. The number of rotatable bonds is 2. The predicted octanol–water partition coefficient (Wildman–Crippen LogP) is 1.30. The van der Waals surface area contributed by atoms with E-state index in [4.69, 9.17) is 10.9 Å². The molecular weight excluding hydrogens is 218 g/mol. The van der Waals surface area contributed by atoms with Crippen molar-refractivity contribution < 1.29 is 10.0 Å². The summed E-state index contributed by atoms with van der Waals surface area (Å²) in [7, 11) is 0. The Morgan fingerprint density at radius 1 is 1.41 bits per heavy atom. The van der Waals surface area contributed by atoms with Crippen LogP contribution in [0.2, 0.25) is 0 Å². The van der Waals surface area contributed by atoms with E-state index in [1.54, 1.807) is 0 Å². The molecule has 5 heteroatoms. The molecule has 1 atom stereocenters. The van der Waals surface area contributed by atoms with E-state index in [0.29, 0.717) is 12.8 Å². The molecular formula is C12H21N3O2. The zero-order chi connectivity index (χ0) is 12.5. The van der Waals surface area contributed by atoms with Crippen LogP contribution in [0.15, 0.2) is 5.16 Å². The summed E-state index contributed by atoms with van der Waals surface area (Å²) in [5.41, 5.74) is 5.05. The number of amidine groups is 1. The molecule has 1 aliphatic carbocycles. The highest BCUT2D eigenvalue weighted by atomic mass is 16.4. The molecule has 96 valence electrons. The first-order valence-electron chi connectivity index (χ1n) is 6.41. The fraction of sp³-hybridized carbons (Fsp3) is 0.833. The second-order valence-corrected chi connectivity index (χ2v) is 5.26. The third-order valence-electron chi connectivity index (χ3n) is 4.28. The van der Waals surface area contributed by atoms with Crippen LogP contribution in [0.4, 0.5) is 0 Å². The van der Waals surface area contributed by atoms with E-state index >= 15 is 0 Å². The Kier molecular flexibility index (Phi) is 3.26. The number of carbonyl (C=O) groups excluding carboxylic acids is 1. The molecule has 3 N–H and O–H groups in total. The summed E-state index contributed by atoms with van der Waals surface area (Å²) < 4.78 is 0. The zero-order valence-electron chi connectivity index (χ0n) is 10.4. The Labute approximate surface area is 102 Å². The smallest absolute Gasteiger partial charge is 0.236 e. The molecule has 0 spiro atoms. The first kappa shape index (κ1) is 12.2. The van der Waals surface area contributed by atoms with Crippen molar-refractivity contribution in [1.29, 1.82) is 0 Å². The Balaban J connectivity index is 2.25. The molecule has 1 heterocycles. The fourth-order valence-electron chi connectivity index (χ4n) is 3.16. The number of nitrogens with zero attached hydrogens (tertiary/aromatic N) is 2. The minimum atomic E-state index is -0.729. The average Bonchev–Trinajstić information content (AvgIpc) is 2.96. The van der Waals surface area contributed by atoms with Crippen LogP contribution in [0.1, 0.15) is 45.4 Å². The average molecular weight is 239 g/mol. The number of amides is 1. The van der Waals surface area contributed by atoms with Crippen molar-refractivity contribution in [2.75, 3.05) is 6.54 Å². The summed E-state index contributed by atoms with van der Waals surface area (Å²) in [6, 6.07) is 0.284. The van der Waals surface area contributed by atoms with Crippen LogP contribution in [0.25, 0.3) is 0 Å². The highest BCUT2D eigenvalue weighted by molar-refractivity contribution is 6.07. The van der Waals surface area contributed by atoms with Gasteiger partial charge in [0.15, 0.2) is 5.84 Å². The first-order valence-corrected chi connectivity index (χ1v) is 6.41. The number of carbonyl (C=O) groups is 1. The van der Waals surface area contributed by atoms with Crippen molar-refractivity contribution in [1.82, 2.24) is 4.90 Å². The highest BCUT2D eigenvalue weighted by Crippen LogP contribution is 2.41. The van der Waals surface area contributed by atoms with Crippen LogP contribution < -0.4 is 5.73 Å². The molecule has 5 nitrogen and oxygen atoms in total. The van der Waals surface area contributed by atoms with Gasteiger partial charge in [0.05, 0.1) is 0 Å². The lowest BCUT2D eigenvalue weighted by Crippen LogP contribution is -2.50. The van der Waals surface area contributed by atoms with Gasteiger partial charge in [0, 0.05) is 12.6 Å². The summed E-state index contributed by atoms with van der Waals surface area (Å²) in [6.45, 7) is 2.88. The monoisotopic (exact) mass is 239 g/mol. The lowest BCUT2D eigenvalue weighted by Gasteiger charge is -2.33. The molecule has 2 fully saturated rings. The van der Waals surface area contributed by atoms with Crippen LogP contribution in [0.5, 0.6) is 0 Å². The van der Waals surface area contributed by atoms with Gasteiger partial charge in [-0.3, -0.25) is 4.79 Å². The van der Waals surface area contributed by atoms with Crippen molar-refractivity contribution in [2.24, 2.45) is 16.3 Å². The number of hydrogen-bond donors (Lipinski definition) is 2. The summed E-state index contributed by atoms with van der Waals surface area (Å²) in [5.74, 6) is 0.161. The molecule has 17 heavy (non-hydrogen) atoms. The second-order valence-electron chi connectivity index (χ2n) is 5.26. The van der Waals surface area contributed by atoms with Crippen LogP contribution in [-0.2, 0) is 4.79 Å². The topological polar surface area (TPSA) is 78.9 Å². The molecule has 0 bridgehead atoms. The molecule has 0 aromatic heterocycles. The van der Waals surface area contributed by atoms with Gasteiger partial charge >= 0.3 is 0 Å². The molecule has 1 unspecified atom stereocenters. The highest BCUT2D eigenvalue weighted by Gasteiger charge is 2.48. The maximum Gasteiger partial charge on any atom is 0.236 e. The summed E-state index contributed by atoms with van der Waals surface area (Å²) in [5, 5.41) is 12.0.